The van der Waals surface area contributed by atoms with Gasteiger partial charge in [0.1, 0.15) is 11.8 Å². The molecule has 1 aliphatic rings. The van der Waals surface area contributed by atoms with Gasteiger partial charge in [0.15, 0.2) is 0 Å². The van der Waals surface area contributed by atoms with Gasteiger partial charge in [0.25, 0.3) is 0 Å². The Bertz CT molecular complexity index is 391. The molecule has 0 aliphatic carbocycles. The predicted octanol–water partition coefficient (Wildman–Crippen LogP) is 1.14. The maximum atomic E-state index is 8.74. The minimum absolute atomic E-state index is 0.490. The molecule has 0 saturated carbocycles. The quantitative estimate of drug-likeness (QED) is 0.771. The summed E-state index contributed by atoms with van der Waals surface area (Å²) < 4.78 is 0. The highest BCUT2D eigenvalue weighted by atomic mass is 15.1. The van der Waals surface area contributed by atoms with Crippen LogP contribution in [0, 0.1) is 11.3 Å². The molecule has 0 aromatic carbocycles. The first kappa shape index (κ1) is 12.0. The minimum atomic E-state index is 0.490. The first-order valence-electron chi connectivity index (χ1n) is 6.16. The Morgan fingerprint density at radius 3 is 3.00 bits per heavy atom. The first-order chi connectivity index (χ1) is 8.38. The van der Waals surface area contributed by atoms with Crippen molar-refractivity contribution in [1.82, 2.24) is 15.2 Å². The summed E-state index contributed by atoms with van der Waals surface area (Å²) in [6.07, 6.45) is 4.38. The van der Waals surface area contributed by atoms with E-state index in [0.717, 1.165) is 25.2 Å². The number of likely N-dealkylation sites (tertiary alicyclic amines) is 1. The number of hydrogen-bond acceptors (Lipinski definition) is 4. The molecule has 17 heavy (non-hydrogen) atoms. The lowest BCUT2D eigenvalue weighted by molar-refractivity contribution is 0.335. The fourth-order valence-electron chi connectivity index (χ4n) is 2.12. The molecule has 0 bridgehead atoms. The second-order valence-corrected chi connectivity index (χ2v) is 4.39. The molecule has 90 valence electrons. The van der Waals surface area contributed by atoms with Gasteiger partial charge in [-0.3, -0.25) is 0 Å². The zero-order valence-corrected chi connectivity index (χ0v) is 10.0. The third-order valence-electron chi connectivity index (χ3n) is 3.07. The maximum Gasteiger partial charge on any atom is 0.140 e. The van der Waals surface area contributed by atoms with Crippen LogP contribution >= 0.6 is 0 Å². The summed E-state index contributed by atoms with van der Waals surface area (Å²) in [5.41, 5.74) is 1.61. The summed E-state index contributed by atoms with van der Waals surface area (Å²) in [6.45, 7) is 5.43. The highest BCUT2D eigenvalue weighted by molar-refractivity contribution is 5.25. The molecule has 1 aliphatic heterocycles. The summed E-state index contributed by atoms with van der Waals surface area (Å²) in [7, 11) is 0. The first-order valence-corrected chi connectivity index (χ1v) is 6.16. The Kier molecular flexibility index (Phi) is 4.48. The number of nitrogens with zero attached hydrogens (tertiary/aromatic N) is 3. The van der Waals surface area contributed by atoms with Crippen molar-refractivity contribution in [2.24, 2.45) is 0 Å². The Labute approximate surface area is 102 Å². The van der Waals surface area contributed by atoms with Crippen molar-refractivity contribution >= 4 is 0 Å². The molecule has 1 saturated heterocycles. The summed E-state index contributed by atoms with van der Waals surface area (Å²) in [5.74, 6) is 0. The smallest absolute Gasteiger partial charge is 0.140 e. The molecular formula is C13H18N4. The average Bonchev–Trinajstić information content (AvgIpc) is 2.88. The molecule has 2 rings (SSSR count). The van der Waals surface area contributed by atoms with Gasteiger partial charge < -0.3 is 10.2 Å². The fraction of sp³-hybridized carbons (Fsp3) is 0.538. The molecule has 1 fully saturated rings. The molecule has 1 aromatic rings. The van der Waals surface area contributed by atoms with E-state index < -0.39 is 0 Å². The topological polar surface area (TPSA) is 52.0 Å². The molecule has 2 heterocycles. The molecule has 0 amide bonds. The summed E-state index contributed by atoms with van der Waals surface area (Å²) in [4.78, 5) is 6.44. The second-order valence-electron chi connectivity index (χ2n) is 4.39. The Morgan fingerprint density at radius 2 is 2.24 bits per heavy atom. The molecule has 0 atom stereocenters. The van der Waals surface area contributed by atoms with Gasteiger partial charge >= 0.3 is 0 Å². The normalized spacial score (nSPS) is 15.9. The lowest BCUT2D eigenvalue weighted by Crippen LogP contribution is -2.29. The van der Waals surface area contributed by atoms with Crippen LogP contribution in [-0.4, -0.2) is 36.1 Å². The Balaban J connectivity index is 1.68. The summed E-state index contributed by atoms with van der Waals surface area (Å²) >= 11 is 0. The zero-order valence-electron chi connectivity index (χ0n) is 10.0. The highest BCUT2D eigenvalue weighted by Gasteiger charge is 2.09. The molecule has 0 radical (unpaired) electrons. The van der Waals surface area contributed by atoms with E-state index in [4.69, 9.17) is 5.26 Å². The van der Waals surface area contributed by atoms with Crippen LogP contribution in [-0.2, 0) is 6.54 Å². The van der Waals surface area contributed by atoms with Gasteiger partial charge in [-0.05, 0) is 43.6 Å². The largest absolute Gasteiger partial charge is 0.311 e. The lowest BCUT2D eigenvalue weighted by atomic mass is 10.2. The fourth-order valence-corrected chi connectivity index (χ4v) is 2.12. The number of aromatic nitrogens is 1. The van der Waals surface area contributed by atoms with Gasteiger partial charge in [0.05, 0.1) is 0 Å². The zero-order chi connectivity index (χ0) is 11.9. The van der Waals surface area contributed by atoms with E-state index >= 15 is 0 Å². The third kappa shape index (κ3) is 3.81. The standard InChI is InChI=1S/C13H18N4/c14-10-13-9-12(3-4-16-13)11-15-5-8-17-6-1-2-7-17/h3-4,9,15H,1-2,5-8,11H2. The molecule has 0 unspecified atom stereocenters. The molecule has 1 aromatic heterocycles. The van der Waals surface area contributed by atoms with Crippen molar-refractivity contribution in [3.63, 3.8) is 0 Å². The van der Waals surface area contributed by atoms with Gasteiger partial charge in [-0.25, -0.2) is 4.98 Å². The number of hydrogen-bond donors (Lipinski definition) is 1. The SMILES string of the molecule is N#Cc1cc(CNCCN2CCCC2)ccn1. The van der Waals surface area contributed by atoms with Crippen LogP contribution in [0.4, 0.5) is 0 Å². The summed E-state index contributed by atoms with van der Waals surface area (Å²) in [5, 5.41) is 12.1. The predicted molar refractivity (Wildman–Crippen MR) is 66.3 cm³/mol. The Morgan fingerprint density at radius 1 is 1.41 bits per heavy atom. The number of rotatable bonds is 5. The monoisotopic (exact) mass is 230 g/mol. The van der Waals surface area contributed by atoms with Crippen LogP contribution in [0.2, 0.25) is 0 Å². The number of pyridine rings is 1. The second kappa shape index (κ2) is 6.33. The van der Waals surface area contributed by atoms with Crippen LogP contribution < -0.4 is 5.32 Å². The van der Waals surface area contributed by atoms with Crippen LogP contribution in [0.15, 0.2) is 18.3 Å². The molecule has 4 heteroatoms. The van der Waals surface area contributed by atoms with Gasteiger partial charge in [-0.15, -0.1) is 0 Å². The van der Waals surface area contributed by atoms with Crippen molar-refractivity contribution in [2.45, 2.75) is 19.4 Å². The molecule has 1 N–H and O–H groups in total. The van der Waals surface area contributed by atoms with E-state index in [1.807, 2.05) is 12.1 Å². The average molecular weight is 230 g/mol. The van der Waals surface area contributed by atoms with Crippen molar-refractivity contribution in [3.05, 3.63) is 29.6 Å². The summed E-state index contributed by atoms with van der Waals surface area (Å²) in [6, 6.07) is 5.84. The van der Waals surface area contributed by atoms with Gasteiger partial charge in [-0.2, -0.15) is 5.26 Å². The lowest BCUT2D eigenvalue weighted by Gasteiger charge is -2.14. The van der Waals surface area contributed by atoms with Gasteiger partial charge in [0, 0.05) is 25.8 Å². The maximum absolute atomic E-state index is 8.74. The third-order valence-corrected chi connectivity index (χ3v) is 3.07. The van der Waals surface area contributed by atoms with Crippen LogP contribution in [0.5, 0.6) is 0 Å². The van der Waals surface area contributed by atoms with Gasteiger partial charge in [0.2, 0.25) is 0 Å². The molecular weight excluding hydrogens is 212 g/mol. The molecule has 0 spiro atoms. The van der Waals surface area contributed by atoms with Crippen molar-refractivity contribution in [2.75, 3.05) is 26.2 Å². The van der Waals surface area contributed by atoms with Crippen LogP contribution in [0.1, 0.15) is 24.1 Å². The van der Waals surface area contributed by atoms with E-state index in [2.05, 4.69) is 21.3 Å². The van der Waals surface area contributed by atoms with E-state index in [1.54, 1.807) is 6.20 Å². The molecule has 4 nitrogen and oxygen atoms in total. The van der Waals surface area contributed by atoms with Crippen LogP contribution in [0.3, 0.4) is 0 Å². The van der Waals surface area contributed by atoms with Crippen molar-refractivity contribution < 1.29 is 0 Å². The number of nitrogens with one attached hydrogen (secondary N) is 1. The van der Waals surface area contributed by atoms with Crippen LogP contribution in [0.25, 0.3) is 0 Å². The van der Waals surface area contributed by atoms with E-state index in [0.29, 0.717) is 5.69 Å². The van der Waals surface area contributed by atoms with E-state index in [1.165, 1.54) is 25.9 Å². The van der Waals surface area contributed by atoms with E-state index in [9.17, 15) is 0 Å². The van der Waals surface area contributed by atoms with Crippen molar-refractivity contribution in [1.29, 1.82) is 5.26 Å². The highest BCUT2D eigenvalue weighted by Crippen LogP contribution is 2.05. The van der Waals surface area contributed by atoms with Gasteiger partial charge in [-0.1, -0.05) is 0 Å². The minimum Gasteiger partial charge on any atom is -0.311 e. The van der Waals surface area contributed by atoms with E-state index in [-0.39, 0.29) is 0 Å². The van der Waals surface area contributed by atoms with Crippen molar-refractivity contribution in [3.8, 4) is 6.07 Å². The number of nitriles is 1. The Hall–Kier alpha value is -1.44.